The maximum Gasteiger partial charge on any atom is 0.215 e. The normalized spacial score (nSPS) is 19.4. The zero-order valence-electron chi connectivity index (χ0n) is 13.7. The lowest BCUT2D eigenvalue weighted by molar-refractivity contribution is -0.779. The van der Waals surface area contributed by atoms with E-state index >= 15 is 0 Å². The van der Waals surface area contributed by atoms with Crippen molar-refractivity contribution in [3.63, 3.8) is 0 Å². The maximum atomic E-state index is 5.58. The van der Waals surface area contributed by atoms with E-state index in [1.165, 1.54) is 17.1 Å². The molecule has 0 unspecified atom stereocenters. The van der Waals surface area contributed by atoms with Gasteiger partial charge in [-0.1, -0.05) is 20.8 Å². The van der Waals surface area contributed by atoms with Gasteiger partial charge >= 0.3 is 0 Å². The van der Waals surface area contributed by atoms with Crippen LogP contribution in [0.4, 0.5) is 0 Å². The fourth-order valence-corrected chi connectivity index (χ4v) is 3.17. The van der Waals surface area contributed by atoms with Crippen molar-refractivity contribution in [2.75, 3.05) is 13.2 Å². The Hall–Kier alpha value is -1.55. The van der Waals surface area contributed by atoms with Gasteiger partial charge in [-0.25, -0.2) is 0 Å². The largest absolute Gasteiger partial charge is 0.374 e. The number of aromatic nitrogens is 3. The van der Waals surface area contributed by atoms with E-state index < -0.39 is 0 Å². The molecule has 114 valence electrons. The number of ether oxygens (including phenoxy) is 1. The number of rotatable bonds is 2. The lowest BCUT2D eigenvalue weighted by Crippen LogP contribution is -2.48. The highest BCUT2D eigenvalue weighted by Gasteiger charge is 2.36. The number of hydrogen-bond acceptors (Lipinski definition) is 1. The van der Waals surface area contributed by atoms with E-state index in [0.29, 0.717) is 6.04 Å². The van der Waals surface area contributed by atoms with Crippen LogP contribution in [0.5, 0.6) is 0 Å². The Balaban J connectivity index is 2.12. The predicted octanol–water partition coefficient (Wildman–Crippen LogP) is 2.97. The minimum atomic E-state index is 0.103. The molecule has 4 heteroatoms. The molecule has 0 aromatic carbocycles. The third kappa shape index (κ3) is 2.53. The van der Waals surface area contributed by atoms with Crippen LogP contribution in [0, 0.1) is 13.8 Å². The first kappa shape index (κ1) is 14.4. The van der Waals surface area contributed by atoms with Crippen LogP contribution in [0.2, 0.25) is 0 Å². The number of H-pyrrole nitrogens is 1. The van der Waals surface area contributed by atoms with Crippen LogP contribution < -0.4 is 4.68 Å². The maximum absolute atomic E-state index is 5.58. The summed E-state index contributed by atoms with van der Waals surface area (Å²) in [5.74, 6) is 1.15. The number of aromatic amines is 1. The van der Waals surface area contributed by atoms with Gasteiger partial charge in [-0.2, -0.15) is 0 Å². The summed E-state index contributed by atoms with van der Waals surface area (Å²) < 4.78 is 10.2. The van der Waals surface area contributed by atoms with Gasteiger partial charge in [0.1, 0.15) is 6.61 Å². The minimum Gasteiger partial charge on any atom is -0.374 e. The highest BCUT2D eigenvalue weighted by atomic mass is 16.5. The van der Waals surface area contributed by atoms with Crippen LogP contribution in [0.25, 0.3) is 5.82 Å². The smallest absolute Gasteiger partial charge is 0.215 e. The van der Waals surface area contributed by atoms with E-state index in [4.69, 9.17) is 4.74 Å². The molecule has 1 saturated heterocycles. The summed E-state index contributed by atoms with van der Waals surface area (Å²) in [6.07, 6.45) is 1.08. The third-order valence-electron chi connectivity index (χ3n) is 4.32. The molecule has 1 atom stereocenters. The van der Waals surface area contributed by atoms with E-state index in [1.54, 1.807) is 0 Å². The lowest BCUT2D eigenvalue weighted by Gasteiger charge is -2.14. The van der Waals surface area contributed by atoms with Crippen LogP contribution in [0.1, 0.15) is 50.3 Å². The molecule has 0 bridgehead atoms. The Morgan fingerprint density at radius 3 is 2.43 bits per heavy atom. The molecule has 1 fully saturated rings. The van der Waals surface area contributed by atoms with Crippen molar-refractivity contribution in [2.45, 2.75) is 52.5 Å². The van der Waals surface area contributed by atoms with Crippen molar-refractivity contribution in [3.05, 3.63) is 35.3 Å². The molecule has 0 saturated carbocycles. The first-order chi connectivity index (χ1) is 9.88. The van der Waals surface area contributed by atoms with E-state index in [1.807, 2.05) is 0 Å². The zero-order valence-corrected chi connectivity index (χ0v) is 13.7. The van der Waals surface area contributed by atoms with Gasteiger partial charge in [-0.3, -0.25) is 0 Å². The van der Waals surface area contributed by atoms with Gasteiger partial charge in [0.2, 0.25) is 11.7 Å². The van der Waals surface area contributed by atoms with Gasteiger partial charge in [0.15, 0.2) is 5.82 Å². The van der Waals surface area contributed by atoms with E-state index in [2.05, 4.69) is 67.2 Å². The third-order valence-corrected chi connectivity index (χ3v) is 4.32. The Labute approximate surface area is 126 Å². The second kappa shape index (κ2) is 5.02. The predicted molar refractivity (Wildman–Crippen MR) is 83.0 cm³/mol. The van der Waals surface area contributed by atoms with Crippen LogP contribution in [-0.4, -0.2) is 22.9 Å². The Morgan fingerprint density at radius 1 is 1.24 bits per heavy atom. The molecular formula is C17H26N3O+. The first-order valence-electron chi connectivity index (χ1n) is 7.76. The molecule has 1 aliphatic rings. The topological polar surface area (TPSA) is 33.8 Å². The van der Waals surface area contributed by atoms with Crippen molar-refractivity contribution in [1.82, 2.24) is 9.67 Å². The second-order valence-corrected chi connectivity index (χ2v) is 7.12. The van der Waals surface area contributed by atoms with Gasteiger partial charge in [-0.05, 0) is 26.0 Å². The Morgan fingerprint density at radius 2 is 1.90 bits per heavy atom. The van der Waals surface area contributed by atoms with Gasteiger partial charge in [0, 0.05) is 23.2 Å². The lowest BCUT2D eigenvalue weighted by atomic mass is 9.91. The highest BCUT2D eigenvalue weighted by molar-refractivity contribution is 5.32. The average Bonchev–Trinajstić information content (AvgIpc) is 3.07. The van der Waals surface area contributed by atoms with Crippen LogP contribution in [0.15, 0.2) is 18.2 Å². The summed E-state index contributed by atoms with van der Waals surface area (Å²) in [6, 6.07) is 7.04. The summed E-state index contributed by atoms with van der Waals surface area (Å²) in [4.78, 5) is 0. The number of nitrogens with one attached hydrogen (secondary N) is 1. The highest BCUT2D eigenvalue weighted by Crippen LogP contribution is 2.25. The van der Waals surface area contributed by atoms with E-state index in [9.17, 15) is 0 Å². The molecule has 2 aromatic rings. The summed E-state index contributed by atoms with van der Waals surface area (Å²) in [5.41, 5.74) is 3.94. The molecule has 0 amide bonds. The molecule has 0 radical (unpaired) electrons. The monoisotopic (exact) mass is 288 g/mol. The van der Waals surface area contributed by atoms with Crippen molar-refractivity contribution < 1.29 is 9.42 Å². The molecule has 1 aliphatic heterocycles. The van der Waals surface area contributed by atoms with Gasteiger partial charge < -0.3 is 9.30 Å². The summed E-state index contributed by atoms with van der Waals surface area (Å²) >= 11 is 0. The molecule has 3 rings (SSSR count). The van der Waals surface area contributed by atoms with Gasteiger partial charge in [-0.15, -0.1) is 9.78 Å². The van der Waals surface area contributed by atoms with Crippen molar-refractivity contribution in [1.29, 1.82) is 0 Å². The number of hydrogen-bond donors (Lipinski definition) is 1. The fraction of sp³-hybridized carbons (Fsp3) is 0.588. The zero-order chi connectivity index (χ0) is 15.2. The van der Waals surface area contributed by atoms with Crippen LogP contribution in [0.3, 0.4) is 0 Å². The van der Waals surface area contributed by atoms with Gasteiger partial charge in [0.25, 0.3) is 0 Å². The van der Waals surface area contributed by atoms with Crippen molar-refractivity contribution >= 4 is 0 Å². The van der Waals surface area contributed by atoms with Gasteiger partial charge in [0.05, 0.1) is 12.7 Å². The standard InChI is InChI=1S/C17H25N3O/c1-12-6-7-13(2)19(12)16-10-15(17(3,4)5)20(18-16)14-8-9-21-11-14/h6-7,10,14H,8-9,11H2,1-5H3/p+1/t14-/m1/s1. The molecule has 0 spiro atoms. The number of aryl methyl sites for hydroxylation is 2. The molecule has 0 aliphatic carbocycles. The summed E-state index contributed by atoms with van der Waals surface area (Å²) in [5, 5.41) is 3.61. The van der Waals surface area contributed by atoms with E-state index in [0.717, 1.165) is 25.5 Å². The molecule has 2 aromatic heterocycles. The second-order valence-electron chi connectivity index (χ2n) is 7.12. The molecule has 21 heavy (non-hydrogen) atoms. The number of nitrogens with zero attached hydrogens (tertiary/aromatic N) is 2. The summed E-state index contributed by atoms with van der Waals surface area (Å²) in [6.45, 7) is 12.8. The van der Waals surface area contributed by atoms with Crippen molar-refractivity contribution in [3.8, 4) is 5.82 Å². The molecule has 4 nitrogen and oxygen atoms in total. The fourth-order valence-electron chi connectivity index (χ4n) is 3.17. The SMILES string of the molecule is Cc1ccc(C)n1-c1cc(C(C)(C)C)[n+]([C@@H]2CCOC2)[nH]1. The van der Waals surface area contributed by atoms with Crippen molar-refractivity contribution in [2.24, 2.45) is 0 Å². The Bertz CT molecular complexity index is 620. The molecule has 3 heterocycles. The van der Waals surface area contributed by atoms with Crippen LogP contribution >= 0.6 is 0 Å². The van der Waals surface area contributed by atoms with E-state index in [-0.39, 0.29) is 5.41 Å². The molecule has 1 N–H and O–H groups in total. The van der Waals surface area contributed by atoms with Crippen LogP contribution in [-0.2, 0) is 10.2 Å². The average molecular weight is 288 g/mol. The summed E-state index contributed by atoms with van der Waals surface area (Å²) in [7, 11) is 0. The quantitative estimate of drug-likeness (QED) is 0.847. The first-order valence-corrected chi connectivity index (χ1v) is 7.76. The molecular weight excluding hydrogens is 262 g/mol. The Kier molecular flexibility index (Phi) is 3.44. The minimum absolute atomic E-state index is 0.103.